The first-order chi connectivity index (χ1) is 9.11. The van der Waals surface area contributed by atoms with Crippen LogP contribution in [-0.4, -0.2) is 4.57 Å². The Hall–Kier alpha value is -2.05. The molecule has 4 heteroatoms. The average Bonchev–Trinajstić information content (AvgIpc) is 2.41. The molecule has 1 aromatic carbocycles. The molecule has 0 amide bonds. The van der Waals surface area contributed by atoms with E-state index in [0.717, 1.165) is 17.7 Å². The van der Waals surface area contributed by atoms with Gasteiger partial charge < -0.3 is 4.57 Å². The van der Waals surface area contributed by atoms with Gasteiger partial charge in [-0.25, -0.2) is 0 Å². The quantitative estimate of drug-likeness (QED) is 0.862. The summed E-state index contributed by atoms with van der Waals surface area (Å²) in [7, 11) is 0. The number of hydrogen-bond acceptors (Lipinski definition) is 2. The highest BCUT2D eigenvalue weighted by atomic mass is 35.5. The van der Waals surface area contributed by atoms with Crippen molar-refractivity contribution in [3.63, 3.8) is 0 Å². The smallest absolute Gasteiger partial charge is 0.268 e. The van der Waals surface area contributed by atoms with Crippen LogP contribution >= 0.6 is 11.6 Å². The number of pyridine rings is 1. The highest BCUT2D eigenvalue weighted by Crippen LogP contribution is 2.10. The van der Waals surface area contributed by atoms with E-state index in [-0.39, 0.29) is 11.1 Å². The third-order valence-electron chi connectivity index (χ3n) is 3.05. The van der Waals surface area contributed by atoms with Crippen LogP contribution in [0.25, 0.3) is 0 Å². The highest BCUT2D eigenvalue weighted by Gasteiger charge is 2.05. The second-order valence-electron chi connectivity index (χ2n) is 4.33. The van der Waals surface area contributed by atoms with Gasteiger partial charge in [-0.05, 0) is 43.2 Å². The summed E-state index contributed by atoms with van der Waals surface area (Å²) in [5.74, 6) is 0. The summed E-state index contributed by atoms with van der Waals surface area (Å²) in [6.45, 7) is 2.42. The lowest BCUT2D eigenvalue weighted by molar-refractivity contribution is 0.647. The third kappa shape index (κ3) is 3.04. The molecule has 0 unspecified atom stereocenters. The summed E-state index contributed by atoms with van der Waals surface area (Å²) < 4.78 is 1.63. The van der Waals surface area contributed by atoms with E-state index in [1.807, 2.05) is 37.3 Å². The Morgan fingerprint density at radius 2 is 1.89 bits per heavy atom. The number of benzene rings is 1. The lowest BCUT2D eigenvalue weighted by Gasteiger charge is -2.10. The fourth-order valence-corrected chi connectivity index (χ4v) is 2.05. The van der Waals surface area contributed by atoms with Crippen LogP contribution in [0.2, 0.25) is 5.02 Å². The maximum atomic E-state index is 12.0. The summed E-state index contributed by atoms with van der Waals surface area (Å²) in [4.78, 5) is 12.0. The molecule has 0 radical (unpaired) electrons. The number of aryl methyl sites for hydroxylation is 2. The summed E-state index contributed by atoms with van der Waals surface area (Å²) in [5.41, 5.74) is 1.93. The number of nitrogens with zero attached hydrogens (tertiary/aromatic N) is 2. The molecule has 0 atom stereocenters. The molecule has 96 valence electrons. The lowest BCUT2D eigenvalue weighted by atomic mass is 10.1. The Labute approximate surface area is 116 Å². The van der Waals surface area contributed by atoms with Crippen molar-refractivity contribution >= 4 is 11.6 Å². The summed E-state index contributed by atoms with van der Waals surface area (Å²) in [6.07, 6.45) is 0.729. The number of hydrogen-bond donors (Lipinski definition) is 0. The molecule has 0 aliphatic rings. The van der Waals surface area contributed by atoms with Crippen molar-refractivity contribution in [3.8, 4) is 6.07 Å². The monoisotopic (exact) mass is 272 g/mol. The average molecular weight is 273 g/mol. The van der Waals surface area contributed by atoms with E-state index >= 15 is 0 Å². The first kappa shape index (κ1) is 13.4. The molecule has 1 heterocycles. The molecule has 1 aromatic heterocycles. The zero-order valence-electron chi connectivity index (χ0n) is 10.6. The third-order valence-corrected chi connectivity index (χ3v) is 3.30. The van der Waals surface area contributed by atoms with Crippen molar-refractivity contribution in [2.75, 3.05) is 0 Å². The molecule has 0 fully saturated rings. The van der Waals surface area contributed by atoms with Gasteiger partial charge in [-0.2, -0.15) is 5.26 Å². The minimum Gasteiger partial charge on any atom is -0.311 e. The molecule has 0 aliphatic heterocycles. The van der Waals surface area contributed by atoms with E-state index in [4.69, 9.17) is 16.9 Å². The van der Waals surface area contributed by atoms with Crippen LogP contribution in [0.1, 0.15) is 16.8 Å². The van der Waals surface area contributed by atoms with Gasteiger partial charge in [0.05, 0.1) is 0 Å². The van der Waals surface area contributed by atoms with Crippen LogP contribution in [0.5, 0.6) is 0 Å². The summed E-state index contributed by atoms with van der Waals surface area (Å²) in [6, 6.07) is 12.8. The molecule has 0 spiro atoms. The topological polar surface area (TPSA) is 45.8 Å². The normalized spacial score (nSPS) is 10.2. The van der Waals surface area contributed by atoms with E-state index < -0.39 is 0 Å². The Bertz CT molecular complexity index is 681. The fourth-order valence-electron chi connectivity index (χ4n) is 1.93. The van der Waals surface area contributed by atoms with E-state index in [2.05, 4.69) is 0 Å². The zero-order valence-corrected chi connectivity index (χ0v) is 11.3. The Kier molecular flexibility index (Phi) is 4.03. The predicted molar refractivity (Wildman–Crippen MR) is 75.3 cm³/mol. The van der Waals surface area contributed by atoms with Crippen LogP contribution in [0.4, 0.5) is 0 Å². The van der Waals surface area contributed by atoms with Crippen LogP contribution < -0.4 is 5.56 Å². The van der Waals surface area contributed by atoms with Crippen molar-refractivity contribution < 1.29 is 0 Å². The standard InChI is InChI=1S/C15H13ClN2O/c1-11-2-5-13(10-17)15(19)18(11)9-8-12-3-6-14(16)7-4-12/h2-7H,8-9H2,1H3. The number of nitriles is 1. The summed E-state index contributed by atoms with van der Waals surface area (Å²) >= 11 is 5.83. The lowest BCUT2D eigenvalue weighted by Crippen LogP contribution is -2.25. The Morgan fingerprint density at radius 3 is 2.53 bits per heavy atom. The molecule has 0 saturated carbocycles. The van der Waals surface area contributed by atoms with Crippen LogP contribution in [0.3, 0.4) is 0 Å². The minimum atomic E-state index is -0.225. The molecule has 2 rings (SSSR count). The van der Waals surface area contributed by atoms with Gasteiger partial charge in [-0.3, -0.25) is 4.79 Å². The largest absolute Gasteiger partial charge is 0.311 e. The molecule has 0 bridgehead atoms. The van der Waals surface area contributed by atoms with Crippen molar-refractivity contribution in [2.24, 2.45) is 0 Å². The van der Waals surface area contributed by atoms with Gasteiger partial charge in [-0.15, -0.1) is 0 Å². The zero-order chi connectivity index (χ0) is 13.8. The van der Waals surface area contributed by atoms with E-state index in [0.29, 0.717) is 11.6 Å². The Balaban J connectivity index is 2.23. The molecule has 2 aromatic rings. The number of rotatable bonds is 3. The molecule has 0 N–H and O–H groups in total. The van der Waals surface area contributed by atoms with Gasteiger partial charge in [0.2, 0.25) is 0 Å². The van der Waals surface area contributed by atoms with E-state index in [9.17, 15) is 4.79 Å². The van der Waals surface area contributed by atoms with Gasteiger partial charge >= 0.3 is 0 Å². The van der Waals surface area contributed by atoms with Crippen LogP contribution in [0, 0.1) is 18.3 Å². The molecular weight excluding hydrogens is 260 g/mol. The molecule has 3 nitrogen and oxygen atoms in total. The molecule has 19 heavy (non-hydrogen) atoms. The number of aromatic nitrogens is 1. The first-order valence-corrected chi connectivity index (χ1v) is 6.34. The second-order valence-corrected chi connectivity index (χ2v) is 4.77. The second kappa shape index (κ2) is 5.73. The van der Waals surface area contributed by atoms with E-state index in [1.54, 1.807) is 16.7 Å². The van der Waals surface area contributed by atoms with Crippen molar-refractivity contribution in [3.05, 3.63) is 68.6 Å². The van der Waals surface area contributed by atoms with Gasteiger partial charge in [0.15, 0.2) is 0 Å². The summed E-state index contributed by atoms with van der Waals surface area (Å²) in [5, 5.41) is 9.57. The maximum absolute atomic E-state index is 12.0. The fraction of sp³-hybridized carbons (Fsp3) is 0.200. The van der Waals surface area contributed by atoms with Gasteiger partial charge in [0, 0.05) is 17.3 Å². The van der Waals surface area contributed by atoms with Crippen molar-refractivity contribution in [2.45, 2.75) is 19.9 Å². The maximum Gasteiger partial charge on any atom is 0.268 e. The SMILES string of the molecule is Cc1ccc(C#N)c(=O)n1CCc1ccc(Cl)cc1. The molecule has 0 aliphatic carbocycles. The van der Waals surface area contributed by atoms with Gasteiger partial charge in [-0.1, -0.05) is 23.7 Å². The minimum absolute atomic E-state index is 0.182. The van der Waals surface area contributed by atoms with Crippen molar-refractivity contribution in [1.82, 2.24) is 4.57 Å². The predicted octanol–water partition coefficient (Wildman–Crippen LogP) is 2.92. The Morgan fingerprint density at radius 1 is 1.21 bits per heavy atom. The first-order valence-electron chi connectivity index (χ1n) is 5.97. The highest BCUT2D eigenvalue weighted by molar-refractivity contribution is 6.30. The number of halogens is 1. The van der Waals surface area contributed by atoms with Gasteiger partial charge in [0.1, 0.15) is 11.6 Å². The van der Waals surface area contributed by atoms with Gasteiger partial charge in [0.25, 0.3) is 5.56 Å². The molecule has 0 saturated heterocycles. The van der Waals surface area contributed by atoms with Crippen LogP contribution in [-0.2, 0) is 13.0 Å². The molecular formula is C15H13ClN2O. The van der Waals surface area contributed by atoms with Crippen molar-refractivity contribution in [1.29, 1.82) is 5.26 Å². The van der Waals surface area contributed by atoms with Crippen LogP contribution in [0.15, 0.2) is 41.2 Å². The van der Waals surface area contributed by atoms with E-state index in [1.165, 1.54) is 0 Å².